The molecule has 2 heterocycles. The van der Waals surface area contributed by atoms with E-state index in [1.165, 1.54) is 28.9 Å². The van der Waals surface area contributed by atoms with Crippen LogP contribution in [0, 0.1) is 11.6 Å². The van der Waals surface area contributed by atoms with Crippen LogP contribution in [0.1, 0.15) is 12.0 Å². The molecule has 2 aromatic heterocycles. The standard InChI is InChI=1S/C26H25F2N5O2.ClH/c1-32(2)11-4-12-35-24-9-10-29-26(30-24)19-6-3-5-18(13-19)17-33-25(34)8-7-23(31-33)20-14-21(27)16-22(28)15-20;/h3,5-10,13-16H,4,11-12,17H2,1-2H3;1H. The second kappa shape index (κ2) is 12.3. The van der Waals surface area contributed by atoms with Crippen LogP contribution in [0.5, 0.6) is 5.88 Å². The SMILES string of the molecule is CN(C)CCCOc1ccnc(-c2cccc(Cn3nc(-c4cc(F)cc(F)c4)ccc3=O)c2)n1.Cl. The summed E-state index contributed by atoms with van der Waals surface area (Å²) in [4.78, 5) is 23.3. The number of rotatable bonds is 9. The quantitative estimate of drug-likeness (QED) is 0.308. The topological polar surface area (TPSA) is 73.1 Å². The second-order valence-corrected chi connectivity index (χ2v) is 8.30. The molecule has 4 aromatic rings. The average molecular weight is 514 g/mol. The number of benzene rings is 2. The van der Waals surface area contributed by atoms with Crippen molar-refractivity contribution in [2.75, 3.05) is 27.2 Å². The lowest BCUT2D eigenvalue weighted by Gasteiger charge is -2.11. The van der Waals surface area contributed by atoms with E-state index in [0.717, 1.165) is 30.2 Å². The molecule has 2 aromatic carbocycles. The van der Waals surface area contributed by atoms with Crippen molar-refractivity contribution in [3.05, 3.63) is 94.4 Å². The summed E-state index contributed by atoms with van der Waals surface area (Å²) in [5.74, 6) is -0.430. The van der Waals surface area contributed by atoms with Crippen LogP contribution in [-0.2, 0) is 6.54 Å². The third kappa shape index (κ3) is 7.16. The average Bonchev–Trinajstić information content (AvgIpc) is 2.83. The maximum Gasteiger partial charge on any atom is 0.267 e. The summed E-state index contributed by atoms with van der Waals surface area (Å²) in [6.45, 7) is 1.64. The van der Waals surface area contributed by atoms with Gasteiger partial charge in [-0.05, 0) is 50.3 Å². The van der Waals surface area contributed by atoms with Crippen molar-refractivity contribution < 1.29 is 13.5 Å². The molecule has 36 heavy (non-hydrogen) atoms. The summed E-state index contributed by atoms with van der Waals surface area (Å²) >= 11 is 0. The van der Waals surface area contributed by atoms with E-state index in [-0.39, 0.29) is 30.1 Å². The maximum absolute atomic E-state index is 13.6. The predicted molar refractivity (Wildman–Crippen MR) is 136 cm³/mol. The van der Waals surface area contributed by atoms with Crippen molar-refractivity contribution in [3.63, 3.8) is 0 Å². The molecular weight excluding hydrogens is 488 g/mol. The lowest BCUT2D eigenvalue weighted by molar-refractivity contribution is 0.273. The van der Waals surface area contributed by atoms with Gasteiger partial charge in [-0.3, -0.25) is 4.79 Å². The van der Waals surface area contributed by atoms with Crippen molar-refractivity contribution in [2.45, 2.75) is 13.0 Å². The third-order valence-corrected chi connectivity index (χ3v) is 5.17. The van der Waals surface area contributed by atoms with Crippen molar-refractivity contribution in [2.24, 2.45) is 0 Å². The Hall–Kier alpha value is -3.69. The van der Waals surface area contributed by atoms with Crippen molar-refractivity contribution >= 4 is 12.4 Å². The lowest BCUT2D eigenvalue weighted by atomic mass is 10.1. The summed E-state index contributed by atoms with van der Waals surface area (Å²) in [7, 11) is 4.02. The van der Waals surface area contributed by atoms with Crippen molar-refractivity contribution in [1.82, 2.24) is 24.6 Å². The van der Waals surface area contributed by atoms with Gasteiger partial charge in [0.15, 0.2) is 5.82 Å². The summed E-state index contributed by atoms with van der Waals surface area (Å²) in [5, 5.41) is 4.31. The van der Waals surface area contributed by atoms with Gasteiger partial charge in [0.2, 0.25) is 5.88 Å². The van der Waals surface area contributed by atoms with E-state index < -0.39 is 11.6 Å². The zero-order chi connectivity index (χ0) is 24.8. The van der Waals surface area contributed by atoms with Crippen molar-refractivity contribution in [3.8, 4) is 28.5 Å². The van der Waals surface area contributed by atoms with Gasteiger partial charge < -0.3 is 9.64 Å². The Bertz CT molecular complexity index is 1360. The van der Waals surface area contributed by atoms with Crippen LogP contribution in [0.4, 0.5) is 8.78 Å². The van der Waals surface area contributed by atoms with Gasteiger partial charge in [0.05, 0.1) is 18.8 Å². The van der Waals surface area contributed by atoms with E-state index in [0.29, 0.717) is 24.0 Å². The van der Waals surface area contributed by atoms with E-state index in [4.69, 9.17) is 4.74 Å². The molecule has 0 fully saturated rings. The van der Waals surface area contributed by atoms with Crippen LogP contribution in [0.15, 0.2) is 71.7 Å². The molecule has 0 radical (unpaired) electrons. The van der Waals surface area contributed by atoms with Gasteiger partial charge in [-0.25, -0.2) is 18.4 Å². The summed E-state index contributed by atoms with van der Waals surface area (Å²) in [6, 6.07) is 15.1. The number of nitrogens with zero attached hydrogens (tertiary/aromatic N) is 5. The minimum atomic E-state index is -0.712. The first kappa shape index (κ1) is 26.9. The third-order valence-electron chi connectivity index (χ3n) is 5.17. The van der Waals surface area contributed by atoms with Gasteiger partial charge in [0, 0.05) is 42.1 Å². The fourth-order valence-corrected chi connectivity index (χ4v) is 3.52. The first-order valence-corrected chi connectivity index (χ1v) is 11.1. The minimum Gasteiger partial charge on any atom is -0.478 e. The Labute approximate surface area is 213 Å². The summed E-state index contributed by atoms with van der Waals surface area (Å²) < 4.78 is 34.3. The highest BCUT2D eigenvalue weighted by molar-refractivity contribution is 5.85. The number of halogens is 3. The monoisotopic (exact) mass is 513 g/mol. The van der Waals surface area contributed by atoms with Gasteiger partial charge >= 0.3 is 0 Å². The second-order valence-electron chi connectivity index (χ2n) is 8.30. The number of hydrogen-bond donors (Lipinski definition) is 0. The number of ether oxygens (including phenoxy) is 1. The molecule has 0 bridgehead atoms. The van der Waals surface area contributed by atoms with Crippen LogP contribution < -0.4 is 10.3 Å². The predicted octanol–water partition coefficient (Wildman–Crippen LogP) is 4.45. The molecule has 10 heteroatoms. The van der Waals surface area contributed by atoms with Crippen LogP contribution in [-0.4, -0.2) is 51.9 Å². The fourth-order valence-electron chi connectivity index (χ4n) is 3.52. The Kier molecular flexibility index (Phi) is 9.21. The molecule has 0 unspecified atom stereocenters. The van der Waals surface area contributed by atoms with E-state index >= 15 is 0 Å². The van der Waals surface area contributed by atoms with E-state index in [1.54, 1.807) is 12.3 Å². The highest BCUT2D eigenvalue weighted by atomic mass is 35.5. The molecule has 0 amide bonds. The first-order valence-electron chi connectivity index (χ1n) is 11.1. The van der Waals surface area contributed by atoms with Gasteiger partial charge in [-0.15, -0.1) is 12.4 Å². The molecule has 4 rings (SSSR count). The number of aromatic nitrogens is 4. The molecule has 0 saturated heterocycles. The van der Waals surface area contributed by atoms with Gasteiger partial charge in [0.1, 0.15) is 11.6 Å². The van der Waals surface area contributed by atoms with Gasteiger partial charge in [0.25, 0.3) is 5.56 Å². The molecule has 0 aliphatic heterocycles. The van der Waals surface area contributed by atoms with Crippen LogP contribution in [0.3, 0.4) is 0 Å². The molecule has 0 spiro atoms. The lowest BCUT2D eigenvalue weighted by Crippen LogP contribution is -2.22. The summed E-state index contributed by atoms with van der Waals surface area (Å²) in [6.07, 6.45) is 2.52. The summed E-state index contributed by atoms with van der Waals surface area (Å²) in [5.41, 5.74) is 1.76. The smallest absolute Gasteiger partial charge is 0.267 e. The molecular formula is C26H26ClF2N5O2. The molecule has 0 aliphatic carbocycles. The van der Waals surface area contributed by atoms with E-state index in [2.05, 4.69) is 20.0 Å². The normalized spacial score (nSPS) is 10.8. The largest absolute Gasteiger partial charge is 0.478 e. The molecule has 7 nitrogen and oxygen atoms in total. The molecule has 0 N–H and O–H groups in total. The zero-order valence-electron chi connectivity index (χ0n) is 19.9. The van der Waals surface area contributed by atoms with Crippen LogP contribution in [0.2, 0.25) is 0 Å². The maximum atomic E-state index is 13.6. The number of hydrogen-bond acceptors (Lipinski definition) is 6. The molecule has 0 saturated carbocycles. The molecule has 188 valence electrons. The fraction of sp³-hybridized carbons (Fsp3) is 0.231. The minimum absolute atomic E-state index is 0. The first-order chi connectivity index (χ1) is 16.9. The Morgan fingerprint density at radius 2 is 1.75 bits per heavy atom. The van der Waals surface area contributed by atoms with Gasteiger partial charge in [-0.2, -0.15) is 10.1 Å². The van der Waals surface area contributed by atoms with Crippen LogP contribution >= 0.6 is 12.4 Å². The Morgan fingerprint density at radius 3 is 2.50 bits per heavy atom. The van der Waals surface area contributed by atoms with Crippen LogP contribution in [0.25, 0.3) is 22.6 Å². The van der Waals surface area contributed by atoms with Gasteiger partial charge in [-0.1, -0.05) is 18.2 Å². The van der Waals surface area contributed by atoms with Crippen molar-refractivity contribution in [1.29, 1.82) is 0 Å². The Morgan fingerprint density at radius 1 is 0.972 bits per heavy atom. The highest BCUT2D eigenvalue weighted by Gasteiger charge is 2.09. The highest BCUT2D eigenvalue weighted by Crippen LogP contribution is 2.21. The molecule has 0 atom stereocenters. The molecule has 0 aliphatic rings. The van der Waals surface area contributed by atoms with E-state index in [1.807, 2.05) is 38.4 Å². The van der Waals surface area contributed by atoms with E-state index in [9.17, 15) is 13.6 Å². The Balaban J connectivity index is 0.00000361. The zero-order valence-corrected chi connectivity index (χ0v) is 20.7.